The molecule has 2 bridgehead atoms. The first-order valence-electron chi connectivity index (χ1n) is 11.0. The van der Waals surface area contributed by atoms with Crippen LogP contribution < -0.4 is 10.1 Å². The van der Waals surface area contributed by atoms with Crippen LogP contribution in [0.4, 0.5) is 0 Å². The standard InChI is InChI=1S/C25H26N2O2/c28-25(27-11-3-4-12-27)16-7-10-21-23(15-16)29-22-6-2-1-5-20(22)24(21)17-13-18-8-9-19(14-17)26-18/h1-2,5-7,10,15,18-19,26H,3-4,8-9,11-14H2. The molecule has 4 nitrogen and oxygen atoms in total. The number of carbonyl (C=O) groups excluding carboxylic acids is 1. The van der Waals surface area contributed by atoms with Gasteiger partial charge in [0.25, 0.3) is 5.91 Å². The zero-order chi connectivity index (χ0) is 19.4. The van der Waals surface area contributed by atoms with Crippen LogP contribution in [0.15, 0.2) is 48.0 Å². The van der Waals surface area contributed by atoms with Crippen LogP contribution in [0, 0.1) is 0 Å². The summed E-state index contributed by atoms with van der Waals surface area (Å²) < 4.78 is 6.30. The van der Waals surface area contributed by atoms with Crippen molar-refractivity contribution in [1.82, 2.24) is 10.2 Å². The van der Waals surface area contributed by atoms with Gasteiger partial charge in [-0.05, 0) is 68.4 Å². The maximum atomic E-state index is 12.9. The number of ether oxygens (including phenoxy) is 1. The maximum absolute atomic E-state index is 12.9. The van der Waals surface area contributed by atoms with E-state index in [-0.39, 0.29) is 5.91 Å². The van der Waals surface area contributed by atoms with Crippen LogP contribution in [-0.4, -0.2) is 36.0 Å². The van der Waals surface area contributed by atoms with E-state index in [1.807, 2.05) is 29.2 Å². The van der Waals surface area contributed by atoms with Gasteiger partial charge in [0, 0.05) is 41.9 Å². The summed E-state index contributed by atoms with van der Waals surface area (Å²) in [7, 11) is 0. The molecule has 4 aliphatic rings. The highest BCUT2D eigenvalue weighted by Crippen LogP contribution is 2.48. The Kier molecular flexibility index (Phi) is 4.01. The van der Waals surface area contributed by atoms with Gasteiger partial charge in [-0.1, -0.05) is 23.8 Å². The number of carbonyl (C=O) groups is 1. The zero-order valence-electron chi connectivity index (χ0n) is 16.6. The first-order valence-corrected chi connectivity index (χ1v) is 11.0. The number of nitrogens with zero attached hydrogens (tertiary/aromatic N) is 1. The maximum Gasteiger partial charge on any atom is 0.253 e. The summed E-state index contributed by atoms with van der Waals surface area (Å²) in [5.74, 6) is 1.85. The van der Waals surface area contributed by atoms with E-state index in [1.54, 1.807) is 0 Å². The Morgan fingerprint density at radius 1 is 0.931 bits per heavy atom. The Morgan fingerprint density at radius 3 is 2.45 bits per heavy atom. The average molecular weight is 386 g/mol. The topological polar surface area (TPSA) is 41.6 Å². The van der Waals surface area contributed by atoms with Gasteiger partial charge >= 0.3 is 0 Å². The quantitative estimate of drug-likeness (QED) is 0.656. The molecule has 2 aromatic rings. The Balaban J connectivity index is 1.46. The van der Waals surface area contributed by atoms with E-state index in [2.05, 4.69) is 23.5 Å². The summed E-state index contributed by atoms with van der Waals surface area (Å²) in [6.07, 6.45) is 6.97. The first-order chi connectivity index (χ1) is 14.3. The molecule has 6 rings (SSSR count). The number of nitrogens with one attached hydrogen (secondary N) is 1. The smallest absolute Gasteiger partial charge is 0.253 e. The van der Waals surface area contributed by atoms with Gasteiger partial charge in [0.15, 0.2) is 0 Å². The lowest BCUT2D eigenvalue weighted by Crippen LogP contribution is -2.35. The summed E-state index contributed by atoms with van der Waals surface area (Å²) in [5, 5.41) is 3.75. The molecule has 4 heteroatoms. The van der Waals surface area contributed by atoms with Gasteiger partial charge < -0.3 is 15.0 Å². The van der Waals surface area contributed by atoms with Crippen LogP contribution in [0.1, 0.15) is 60.0 Å². The normalized spacial score (nSPS) is 24.9. The van der Waals surface area contributed by atoms with Crippen molar-refractivity contribution in [2.24, 2.45) is 0 Å². The highest BCUT2D eigenvalue weighted by atomic mass is 16.5. The van der Waals surface area contributed by atoms with E-state index < -0.39 is 0 Å². The number of hydrogen-bond acceptors (Lipinski definition) is 3. The van der Waals surface area contributed by atoms with Crippen molar-refractivity contribution in [2.75, 3.05) is 13.1 Å². The number of para-hydroxylation sites is 1. The minimum atomic E-state index is 0.127. The fraction of sp³-hybridized carbons (Fsp3) is 0.400. The number of hydrogen-bond donors (Lipinski definition) is 1. The lowest BCUT2D eigenvalue weighted by atomic mass is 9.84. The minimum Gasteiger partial charge on any atom is -0.456 e. The van der Waals surface area contributed by atoms with Gasteiger partial charge in [0.2, 0.25) is 0 Å². The second-order valence-corrected chi connectivity index (χ2v) is 8.83. The number of likely N-dealkylation sites (tertiary alicyclic amines) is 1. The molecule has 0 radical (unpaired) electrons. The average Bonchev–Trinajstić information content (AvgIpc) is 3.40. The molecule has 1 amide bonds. The Bertz CT molecular complexity index is 1010. The van der Waals surface area contributed by atoms with Gasteiger partial charge in [0.1, 0.15) is 11.5 Å². The summed E-state index contributed by atoms with van der Waals surface area (Å²) in [4.78, 5) is 14.9. The molecule has 2 unspecified atom stereocenters. The van der Waals surface area contributed by atoms with Crippen LogP contribution in [0.2, 0.25) is 0 Å². The van der Waals surface area contributed by atoms with E-state index in [9.17, 15) is 4.79 Å². The van der Waals surface area contributed by atoms with Gasteiger partial charge in [-0.25, -0.2) is 0 Å². The number of benzene rings is 2. The van der Waals surface area contributed by atoms with Crippen LogP contribution in [0.25, 0.3) is 5.57 Å². The lowest BCUT2D eigenvalue weighted by Gasteiger charge is -2.30. The SMILES string of the molecule is O=C(c1ccc2c(c1)Oc1ccccc1C2=C1CC2CCC(C1)N2)N1CCCC1. The van der Waals surface area contributed by atoms with Crippen molar-refractivity contribution >= 4 is 11.5 Å². The van der Waals surface area contributed by atoms with Crippen molar-refractivity contribution in [3.8, 4) is 11.5 Å². The summed E-state index contributed by atoms with van der Waals surface area (Å²) in [5.41, 5.74) is 5.93. The first kappa shape index (κ1) is 17.3. The fourth-order valence-electron chi connectivity index (χ4n) is 5.56. The van der Waals surface area contributed by atoms with E-state index in [4.69, 9.17) is 4.74 Å². The molecule has 4 aliphatic heterocycles. The molecule has 0 aliphatic carbocycles. The minimum absolute atomic E-state index is 0.127. The van der Waals surface area contributed by atoms with E-state index in [1.165, 1.54) is 29.6 Å². The molecule has 0 spiro atoms. The summed E-state index contributed by atoms with van der Waals surface area (Å²) in [6.45, 7) is 1.73. The summed E-state index contributed by atoms with van der Waals surface area (Å²) >= 11 is 0. The van der Waals surface area contributed by atoms with Crippen molar-refractivity contribution < 1.29 is 9.53 Å². The van der Waals surface area contributed by atoms with Gasteiger partial charge in [-0.15, -0.1) is 0 Å². The van der Waals surface area contributed by atoms with Gasteiger partial charge in [-0.3, -0.25) is 4.79 Å². The molecule has 0 aromatic heterocycles. The molecular weight excluding hydrogens is 360 g/mol. The number of piperidine rings is 1. The third kappa shape index (κ3) is 2.89. The zero-order valence-corrected chi connectivity index (χ0v) is 16.6. The van der Waals surface area contributed by atoms with Crippen LogP contribution >= 0.6 is 0 Å². The molecule has 3 fully saturated rings. The highest BCUT2D eigenvalue weighted by Gasteiger charge is 2.34. The van der Waals surface area contributed by atoms with Crippen LogP contribution in [-0.2, 0) is 0 Å². The second kappa shape index (κ2) is 6.74. The van der Waals surface area contributed by atoms with Gasteiger partial charge in [-0.2, -0.15) is 0 Å². The van der Waals surface area contributed by atoms with Crippen molar-refractivity contribution in [3.05, 3.63) is 64.7 Å². The molecule has 148 valence electrons. The van der Waals surface area contributed by atoms with E-state index in [0.717, 1.165) is 61.4 Å². The predicted octanol–water partition coefficient (Wildman–Crippen LogP) is 4.74. The molecule has 2 atom stereocenters. The van der Waals surface area contributed by atoms with Crippen LogP contribution in [0.3, 0.4) is 0 Å². The second-order valence-electron chi connectivity index (χ2n) is 8.83. The van der Waals surface area contributed by atoms with Crippen molar-refractivity contribution in [3.63, 3.8) is 0 Å². The molecular formula is C25H26N2O2. The van der Waals surface area contributed by atoms with Crippen molar-refractivity contribution in [2.45, 2.75) is 50.6 Å². The third-order valence-corrected chi connectivity index (χ3v) is 6.94. The number of amides is 1. The lowest BCUT2D eigenvalue weighted by molar-refractivity contribution is 0.0792. The molecule has 1 N–H and O–H groups in total. The largest absolute Gasteiger partial charge is 0.456 e. The molecule has 0 saturated carbocycles. The Labute approximate surface area is 171 Å². The molecule has 2 aromatic carbocycles. The van der Waals surface area contributed by atoms with Crippen molar-refractivity contribution in [1.29, 1.82) is 0 Å². The highest BCUT2D eigenvalue weighted by molar-refractivity contribution is 5.97. The Morgan fingerprint density at radius 2 is 1.66 bits per heavy atom. The predicted molar refractivity (Wildman–Crippen MR) is 113 cm³/mol. The van der Waals surface area contributed by atoms with E-state index in [0.29, 0.717) is 12.1 Å². The Hall–Kier alpha value is -2.59. The fourth-order valence-corrected chi connectivity index (χ4v) is 5.56. The molecule has 3 saturated heterocycles. The number of fused-ring (bicyclic) bond motifs is 4. The molecule has 29 heavy (non-hydrogen) atoms. The van der Waals surface area contributed by atoms with Gasteiger partial charge in [0.05, 0.1) is 0 Å². The van der Waals surface area contributed by atoms with E-state index >= 15 is 0 Å². The third-order valence-electron chi connectivity index (χ3n) is 6.94. The number of rotatable bonds is 1. The van der Waals surface area contributed by atoms with Crippen LogP contribution in [0.5, 0.6) is 11.5 Å². The molecule has 4 heterocycles. The monoisotopic (exact) mass is 386 g/mol. The summed E-state index contributed by atoms with van der Waals surface area (Å²) in [6, 6.07) is 15.6.